The van der Waals surface area contributed by atoms with Crippen LogP contribution in [0.25, 0.3) is 0 Å². The molecule has 3 aromatic carbocycles. The second-order valence-electron chi connectivity index (χ2n) is 6.39. The lowest BCUT2D eigenvalue weighted by molar-refractivity contribution is 0.262. The highest BCUT2D eigenvalue weighted by Gasteiger charge is 2.19. The summed E-state index contributed by atoms with van der Waals surface area (Å²) in [5.74, 6) is -0.546. The third-order valence-electron chi connectivity index (χ3n) is 4.34. The number of urea groups is 1. The average molecular weight is 445 g/mol. The molecular formula is C22H16Cl3N3O. The highest BCUT2D eigenvalue weighted by atomic mass is 35.5. The van der Waals surface area contributed by atoms with Crippen LogP contribution in [0.4, 0.5) is 16.2 Å². The second-order valence-corrected chi connectivity index (χ2v) is 7.67. The van der Waals surface area contributed by atoms with E-state index in [1.54, 1.807) is 54.6 Å². The van der Waals surface area contributed by atoms with Gasteiger partial charge in [0.2, 0.25) is 0 Å². The molecule has 2 amide bonds. The van der Waals surface area contributed by atoms with E-state index in [1.165, 1.54) is 0 Å². The summed E-state index contributed by atoms with van der Waals surface area (Å²) in [6.45, 7) is 1.84. The number of anilines is 2. The predicted octanol–water partition coefficient (Wildman–Crippen LogP) is 7.25. The molecule has 0 saturated heterocycles. The third-order valence-corrected chi connectivity index (χ3v) is 5.17. The Bertz CT molecular complexity index is 1070. The fourth-order valence-electron chi connectivity index (χ4n) is 2.86. The van der Waals surface area contributed by atoms with Gasteiger partial charge in [0.05, 0.1) is 12.0 Å². The molecule has 0 aliphatic rings. The first-order chi connectivity index (χ1) is 13.9. The molecule has 29 heavy (non-hydrogen) atoms. The van der Waals surface area contributed by atoms with Crippen molar-refractivity contribution in [1.82, 2.24) is 0 Å². The number of nitrogens with one attached hydrogen (secondary N) is 2. The number of amides is 2. The number of nitriles is 1. The van der Waals surface area contributed by atoms with Crippen LogP contribution in [-0.2, 0) is 0 Å². The van der Waals surface area contributed by atoms with Crippen molar-refractivity contribution in [3.8, 4) is 6.07 Å². The summed E-state index contributed by atoms with van der Waals surface area (Å²) in [6.07, 6.45) is 0. The van der Waals surface area contributed by atoms with Crippen molar-refractivity contribution in [3.63, 3.8) is 0 Å². The van der Waals surface area contributed by atoms with Crippen molar-refractivity contribution in [2.75, 3.05) is 10.6 Å². The number of carbonyl (C=O) groups excluding carboxylic acids is 1. The Labute approximate surface area is 184 Å². The molecule has 2 N–H and O–H groups in total. The van der Waals surface area contributed by atoms with Crippen molar-refractivity contribution in [3.05, 3.63) is 92.4 Å². The summed E-state index contributed by atoms with van der Waals surface area (Å²) in [5, 5.41) is 16.8. The van der Waals surface area contributed by atoms with E-state index in [9.17, 15) is 10.1 Å². The van der Waals surface area contributed by atoms with Crippen LogP contribution < -0.4 is 10.6 Å². The number of hydrogen-bond donors (Lipinski definition) is 2. The van der Waals surface area contributed by atoms with Crippen LogP contribution >= 0.6 is 34.8 Å². The summed E-state index contributed by atoms with van der Waals surface area (Å²) in [4.78, 5) is 12.3. The highest BCUT2D eigenvalue weighted by Crippen LogP contribution is 2.34. The van der Waals surface area contributed by atoms with Crippen molar-refractivity contribution in [1.29, 1.82) is 5.26 Å². The van der Waals surface area contributed by atoms with E-state index < -0.39 is 11.9 Å². The Balaban J connectivity index is 1.81. The van der Waals surface area contributed by atoms with Gasteiger partial charge in [0, 0.05) is 26.4 Å². The fourth-order valence-corrected chi connectivity index (χ4v) is 3.38. The SMILES string of the molecule is Cc1cc(C(C#N)c2ccc(Cl)cc2)c(Cl)cc1NC(=O)Nc1ccc(Cl)cc1. The van der Waals surface area contributed by atoms with Crippen LogP contribution in [0.2, 0.25) is 15.1 Å². The van der Waals surface area contributed by atoms with Crippen LogP contribution in [0.15, 0.2) is 60.7 Å². The Hall–Kier alpha value is -2.71. The first-order valence-corrected chi connectivity index (χ1v) is 9.79. The van der Waals surface area contributed by atoms with Gasteiger partial charge in [-0.3, -0.25) is 0 Å². The highest BCUT2D eigenvalue weighted by molar-refractivity contribution is 6.32. The molecular weight excluding hydrogens is 429 g/mol. The van der Waals surface area contributed by atoms with Gasteiger partial charge >= 0.3 is 6.03 Å². The van der Waals surface area contributed by atoms with E-state index in [4.69, 9.17) is 34.8 Å². The number of halogens is 3. The molecule has 0 radical (unpaired) electrons. The maximum absolute atomic E-state index is 12.3. The molecule has 0 fully saturated rings. The molecule has 3 rings (SSSR count). The van der Waals surface area contributed by atoms with Crippen LogP contribution in [-0.4, -0.2) is 6.03 Å². The van der Waals surface area contributed by atoms with Gasteiger partial charge in [-0.2, -0.15) is 5.26 Å². The van der Waals surface area contributed by atoms with Gasteiger partial charge in [-0.1, -0.05) is 53.0 Å². The van der Waals surface area contributed by atoms with Crippen LogP contribution in [0.5, 0.6) is 0 Å². The van der Waals surface area contributed by atoms with Crippen molar-refractivity contribution in [2.45, 2.75) is 12.8 Å². The number of nitrogens with zero attached hydrogens (tertiary/aromatic N) is 1. The number of aryl methyl sites for hydroxylation is 1. The zero-order valence-corrected chi connectivity index (χ0v) is 17.6. The van der Waals surface area contributed by atoms with E-state index in [1.807, 2.05) is 13.0 Å². The van der Waals surface area contributed by atoms with E-state index >= 15 is 0 Å². The van der Waals surface area contributed by atoms with Gasteiger partial charge in [-0.15, -0.1) is 0 Å². The molecule has 0 spiro atoms. The lowest BCUT2D eigenvalue weighted by atomic mass is 9.91. The average Bonchev–Trinajstić information content (AvgIpc) is 2.69. The maximum atomic E-state index is 12.3. The van der Waals surface area contributed by atoms with Gasteiger partial charge in [0.15, 0.2) is 0 Å². The van der Waals surface area contributed by atoms with Gasteiger partial charge in [0.1, 0.15) is 0 Å². The molecule has 0 heterocycles. The monoisotopic (exact) mass is 443 g/mol. The topological polar surface area (TPSA) is 64.9 Å². The largest absolute Gasteiger partial charge is 0.323 e. The summed E-state index contributed by atoms with van der Waals surface area (Å²) in [5.41, 5.74) is 3.40. The minimum absolute atomic E-state index is 0.388. The number of hydrogen-bond acceptors (Lipinski definition) is 2. The van der Waals surface area contributed by atoms with Gasteiger partial charge in [0.25, 0.3) is 0 Å². The zero-order valence-electron chi connectivity index (χ0n) is 15.3. The quantitative estimate of drug-likeness (QED) is 0.445. The van der Waals surface area contributed by atoms with Crippen molar-refractivity contribution < 1.29 is 4.79 Å². The molecule has 0 aliphatic carbocycles. The summed E-state index contributed by atoms with van der Waals surface area (Å²) >= 11 is 18.2. The number of benzene rings is 3. The fraction of sp³-hybridized carbons (Fsp3) is 0.0909. The minimum atomic E-state index is -0.546. The molecule has 3 aromatic rings. The molecule has 0 saturated carbocycles. The molecule has 0 aromatic heterocycles. The Morgan fingerprint density at radius 2 is 1.52 bits per heavy atom. The Morgan fingerprint density at radius 1 is 0.931 bits per heavy atom. The standard InChI is InChI=1S/C22H16Cl3N3O/c1-13-10-18(19(12-26)14-2-4-15(23)5-3-14)20(25)11-21(13)28-22(29)27-17-8-6-16(24)7-9-17/h2-11,19H,1H3,(H2,27,28,29). The van der Waals surface area contributed by atoms with Crippen LogP contribution in [0, 0.1) is 18.3 Å². The molecule has 0 bridgehead atoms. The normalized spacial score (nSPS) is 11.4. The van der Waals surface area contributed by atoms with E-state index in [0.29, 0.717) is 32.0 Å². The molecule has 1 atom stereocenters. The van der Waals surface area contributed by atoms with Gasteiger partial charge in [-0.25, -0.2) is 4.79 Å². The minimum Gasteiger partial charge on any atom is -0.308 e. The van der Waals surface area contributed by atoms with Gasteiger partial charge < -0.3 is 10.6 Å². The first kappa shape index (κ1) is 21.0. The Kier molecular flexibility index (Phi) is 6.66. The van der Waals surface area contributed by atoms with Crippen LogP contribution in [0.3, 0.4) is 0 Å². The predicted molar refractivity (Wildman–Crippen MR) is 119 cm³/mol. The third kappa shape index (κ3) is 5.21. The van der Waals surface area contributed by atoms with E-state index in [2.05, 4.69) is 16.7 Å². The van der Waals surface area contributed by atoms with E-state index in [-0.39, 0.29) is 0 Å². The molecule has 4 nitrogen and oxygen atoms in total. The second kappa shape index (κ2) is 9.19. The lowest BCUT2D eigenvalue weighted by Gasteiger charge is -2.16. The molecule has 1 unspecified atom stereocenters. The first-order valence-electron chi connectivity index (χ1n) is 8.66. The number of rotatable bonds is 4. The molecule has 7 heteroatoms. The summed E-state index contributed by atoms with van der Waals surface area (Å²) in [6, 6.07) is 19.2. The lowest BCUT2D eigenvalue weighted by Crippen LogP contribution is -2.20. The van der Waals surface area contributed by atoms with Gasteiger partial charge in [-0.05, 0) is 66.1 Å². The molecule has 0 aliphatic heterocycles. The van der Waals surface area contributed by atoms with Crippen molar-refractivity contribution in [2.24, 2.45) is 0 Å². The summed E-state index contributed by atoms with van der Waals surface area (Å²) in [7, 11) is 0. The van der Waals surface area contributed by atoms with Crippen LogP contribution in [0.1, 0.15) is 22.6 Å². The zero-order chi connectivity index (χ0) is 21.0. The van der Waals surface area contributed by atoms with E-state index in [0.717, 1.165) is 11.1 Å². The van der Waals surface area contributed by atoms with Crippen molar-refractivity contribution >= 4 is 52.2 Å². The smallest absolute Gasteiger partial charge is 0.308 e. The Morgan fingerprint density at radius 3 is 2.10 bits per heavy atom. The summed E-state index contributed by atoms with van der Waals surface area (Å²) < 4.78 is 0. The number of carbonyl (C=O) groups is 1. The maximum Gasteiger partial charge on any atom is 0.323 e. The molecule has 146 valence electrons.